The molecule has 0 unspecified atom stereocenters. The van der Waals surface area contributed by atoms with Crippen LogP contribution in [0.5, 0.6) is 0 Å². The van der Waals surface area contributed by atoms with Gasteiger partial charge in [0.25, 0.3) is 10.0 Å². The summed E-state index contributed by atoms with van der Waals surface area (Å²) in [7, 11) is -4.23. The van der Waals surface area contributed by atoms with Crippen molar-refractivity contribution in [2.45, 2.75) is 17.4 Å². The number of hydrogen-bond acceptors (Lipinski definition) is 4. The molecule has 0 spiro atoms. The van der Waals surface area contributed by atoms with Crippen LogP contribution in [0.2, 0.25) is 0 Å². The van der Waals surface area contributed by atoms with Crippen LogP contribution >= 0.6 is 0 Å². The maximum Gasteiger partial charge on any atom is 0.265 e. The van der Waals surface area contributed by atoms with Crippen molar-refractivity contribution in [3.05, 3.63) is 42.2 Å². The lowest BCUT2D eigenvalue weighted by atomic mass is 10.3. The van der Waals surface area contributed by atoms with Crippen LogP contribution < -0.4 is 4.72 Å². The number of sulfonamides is 1. The van der Waals surface area contributed by atoms with E-state index in [1.54, 1.807) is 4.68 Å². The van der Waals surface area contributed by atoms with Crippen molar-refractivity contribution in [2.75, 3.05) is 17.9 Å². The van der Waals surface area contributed by atoms with Crippen LogP contribution in [0.1, 0.15) is 12.5 Å². The van der Waals surface area contributed by atoms with Crippen LogP contribution in [-0.4, -0.2) is 31.4 Å². The molecular weight excluding hydrogens is 316 g/mol. The van der Waals surface area contributed by atoms with Gasteiger partial charge in [-0.25, -0.2) is 17.2 Å². The number of nitrogens with zero attached hydrogens (tertiary/aromatic N) is 2. The molecule has 6 nitrogen and oxygen atoms in total. The summed E-state index contributed by atoms with van der Waals surface area (Å²) < 4.78 is 60.0. The molecule has 1 saturated heterocycles. The van der Waals surface area contributed by atoms with E-state index in [0.717, 1.165) is 18.6 Å². The Bertz CT molecular complexity index is 786. The summed E-state index contributed by atoms with van der Waals surface area (Å²) in [6.07, 6.45) is 3.59. The number of aromatic nitrogens is 2. The van der Waals surface area contributed by atoms with Crippen LogP contribution in [0.25, 0.3) is 0 Å². The largest absolute Gasteiger partial charge is 0.379 e. The summed E-state index contributed by atoms with van der Waals surface area (Å²) in [5, 5.41) is 4.06. The third-order valence-electron chi connectivity index (χ3n) is 3.32. The van der Waals surface area contributed by atoms with E-state index in [2.05, 4.69) is 9.82 Å². The van der Waals surface area contributed by atoms with Crippen molar-refractivity contribution in [3.63, 3.8) is 0 Å². The summed E-state index contributed by atoms with van der Waals surface area (Å²) in [6, 6.07) is 2.30. The summed E-state index contributed by atoms with van der Waals surface area (Å²) >= 11 is 0. The molecule has 1 fully saturated rings. The first-order chi connectivity index (χ1) is 10.5. The molecule has 22 heavy (non-hydrogen) atoms. The van der Waals surface area contributed by atoms with Gasteiger partial charge in [-0.05, 0) is 24.6 Å². The zero-order chi connectivity index (χ0) is 15.7. The van der Waals surface area contributed by atoms with Crippen molar-refractivity contribution in [2.24, 2.45) is 0 Å². The molecule has 0 amide bonds. The van der Waals surface area contributed by atoms with Crippen molar-refractivity contribution >= 4 is 15.7 Å². The number of ether oxygens (including phenoxy) is 1. The zero-order valence-electron chi connectivity index (χ0n) is 11.4. The SMILES string of the molecule is O=S(=O)(Nc1cnn([C@@H]2CCOC2)c1)c1cc(F)ccc1F. The maximum atomic E-state index is 13.6. The normalized spacial score (nSPS) is 18.5. The highest BCUT2D eigenvalue weighted by molar-refractivity contribution is 7.92. The molecule has 1 aromatic heterocycles. The summed E-state index contributed by atoms with van der Waals surface area (Å²) in [4.78, 5) is -0.746. The summed E-state index contributed by atoms with van der Waals surface area (Å²) in [5.74, 6) is -1.86. The van der Waals surface area contributed by atoms with Crippen molar-refractivity contribution in [3.8, 4) is 0 Å². The Kier molecular flexibility index (Phi) is 3.83. The second-order valence-corrected chi connectivity index (χ2v) is 6.56. The van der Waals surface area contributed by atoms with Gasteiger partial charge in [-0.2, -0.15) is 5.10 Å². The Balaban J connectivity index is 1.83. The number of benzene rings is 1. The molecule has 9 heteroatoms. The van der Waals surface area contributed by atoms with Crippen LogP contribution in [0, 0.1) is 11.6 Å². The van der Waals surface area contributed by atoms with E-state index in [1.165, 1.54) is 12.4 Å². The van der Waals surface area contributed by atoms with Crippen LogP contribution in [0.4, 0.5) is 14.5 Å². The summed E-state index contributed by atoms with van der Waals surface area (Å²) in [6.45, 7) is 1.13. The van der Waals surface area contributed by atoms with Gasteiger partial charge in [0.2, 0.25) is 0 Å². The Labute approximate surface area is 125 Å². The molecule has 1 aliphatic rings. The minimum atomic E-state index is -4.23. The summed E-state index contributed by atoms with van der Waals surface area (Å²) in [5.41, 5.74) is 0.176. The Morgan fingerprint density at radius 1 is 1.36 bits per heavy atom. The molecule has 1 N–H and O–H groups in total. The van der Waals surface area contributed by atoms with E-state index in [-0.39, 0.29) is 11.7 Å². The van der Waals surface area contributed by atoms with Gasteiger partial charge < -0.3 is 4.74 Å². The van der Waals surface area contributed by atoms with Crippen LogP contribution in [-0.2, 0) is 14.8 Å². The first kappa shape index (κ1) is 14.9. The van der Waals surface area contributed by atoms with E-state index < -0.39 is 26.6 Å². The molecule has 1 atom stereocenters. The third kappa shape index (κ3) is 2.95. The highest BCUT2D eigenvalue weighted by Crippen LogP contribution is 2.22. The molecular formula is C13H13F2N3O3S. The van der Waals surface area contributed by atoms with Crippen molar-refractivity contribution in [1.82, 2.24) is 9.78 Å². The van der Waals surface area contributed by atoms with Crippen molar-refractivity contribution < 1.29 is 21.9 Å². The van der Waals surface area contributed by atoms with E-state index in [4.69, 9.17) is 4.74 Å². The topological polar surface area (TPSA) is 73.2 Å². The van der Waals surface area contributed by atoms with Gasteiger partial charge in [-0.1, -0.05) is 0 Å². The van der Waals surface area contributed by atoms with Crippen molar-refractivity contribution in [1.29, 1.82) is 0 Å². The number of nitrogens with one attached hydrogen (secondary N) is 1. The van der Waals surface area contributed by atoms with Gasteiger partial charge in [0.15, 0.2) is 0 Å². The molecule has 0 radical (unpaired) electrons. The van der Waals surface area contributed by atoms with Gasteiger partial charge in [-0.15, -0.1) is 0 Å². The Morgan fingerprint density at radius 2 is 2.18 bits per heavy atom. The van der Waals surface area contributed by atoms with Gasteiger partial charge >= 0.3 is 0 Å². The molecule has 2 aromatic rings. The smallest absolute Gasteiger partial charge is 0.265 e. The number of rotatable bonds is 4. The fraction of sp³-hybridized carbons (Fsp3) is 0.308. The average Bonchev–Trinajstić information content (AvgIpc) is 3.11. The highest BCUT2D eigenvalue weighted by Gasteiger charge is 2.22. The lowest BCUT2D eigenvalue weighted by Gasteiger charge is -2.08. The second-order valence-electron chi connectivity index (χ2n) is 4.91. The third-order valence-corrected chi connectivity index (χ3v) is 4.71. The van der Waals surface area contributed by atoms with E-state index in [0.29, 0.717) is 19.3 Å². The van der Waals surface area contributed by atoms with E-state index >= 15 is 0 Å². The first-order valence-electron chi connectivity index (χ1n) is 6.55. The van der Waals surface area contributed by atoms with E-state index in [1.807, 2.05) is 0 Å². The van der Waals surface area contributed by atoms with E-state index in [9.17, 15) is 17.2 Å². The monoisotopic (exact) mass is 329 g/mol. The minimum absolute atomic E-state index is 0.0455. The molecule has 118 valence electrons. The van der Waals surface area contributed by atoms with Gasteiger partial charge in [0, 0.05) is 12.8 Å². The van der Waals surface area contributed by atoms with Crippen LogP contribution in [0.15, 0.2) is 35.5 Å². The number of hydrogen-bond donors (Lipinski definition) is 1. The molecule has 0 aliphatic carbocycles. The molecule has 0 bridgehead atoms. The Hall–Kier alpha value is -2.00. The Morgan fingerprint density at radius 3 is 2.91 bits per heavy atom. The fourth-order valence-electron chi connectivity index (χ4n) is 2.21. The van der Waals surface area contributed by atoms with Gasteiger partial charge in [0.05, 0.1) is 24.5 Å². The van der Waals surface area contributed by atoms with Gasteiger partial charge in [0.1, 0.15) is 16.5 Å². The molecule has 1 aliphatic heterocycles. The quantitative estimate of drug-likeness (QED) is 0.930. The zero-order valence-corrected chi connectivity index (χ0v) is 12.2. The van der Waals surface area contributed by atoms with Gasteiger partial charge in [-0.3, -0.25) is 9.40 Å². The highest BCUT2D eigenvalue weighted by atomic mass is 32.2. The predicted octanol–water partition coefficient (Wildman–Crippen LogP) is 1.92. The minimum Gasteiger partial charge on any atom is -0.379 e. The molecule has 2 heterocycles. The number of anilines is 1. The predicted molar refractivity (Wildman–Crippen MR) is 73.9 cm³/mol. The standard InChI is InChI=1S/C13H13F2N3O3S/c14-9-1-2-12(15)13(5-9)22(19,20)17-10-6-16-18(7-10)11-3-4-21-8-11/h1-2,5-7,11,17H,3-4,8H2/t11-/m1/s1. The fourth-order valence-corrected chi connectivity index (χ4v) is 3.33. The lowest BCUT2D eigenvalue weighted by Crippen LogP contribution is -2.14. The second kappa shape index (κ2) is 5.65. The molecule has 3 rings (SSSR count). The maximum absolute atomic E-state index is 13.6. The first-order valence-corrected chi connectivity index (χ1v) is 8.04. The lowest BCUT2D eigenvalue weighted by molar-refractivity contribution is 0.184. The molecule has 0 saturated carbocycles. The molecule has 1 aromatic carbocycles. The van der Waals surface area contributed by atoms with Crippen LogP contribution in [0.3, 0.4) is 0 Å². The average molecular weight is 329 g/mol. The number of halogens is 2.